The van der Waals surface area contributed by atoms with Gasteiger partial charge in [0.2, 0.25) is 11.5 Å². The third kappa shape index (κ3) is 23.4. The van der Waals surface area contributed by atoms with Crippen molar-refractivity contribution in [1.82, 2.24) is 39.0 Å². The van der Waals surface area contributed by atoms with Crippen molar-refractivity contribution < 1.29 is 76.0 Å². The third-order valence-electron chi connectivity index (χ3n) is 9.63. The van der Waals surface area contributed by atoms with Gasteiger partial charge in [-0.2, -0.15) is 0 Å². The number of fused-ring (bicyclic) bond motifs is 2. The number of carbonyl (C=O) groups is 5. The maximum Gasteiger partial charge on any atom is 0.585 e. The Hall–Kier alpha value is -8.45. The molecule has 79 heavy (non-hydrogen) atoms. The number of aromatic nitrogens is 8. The molecular weight excluding hydrogens is 1070 g/mol. The lowest BCUT2D eigenvalue weighted by Gasteiger charge is -2.17. The highest BCUT2D eigenvalue weighted by molar-refractivity contribution is 7.39. The van der Waals surface area contributed by atoms with Gasteiger partial charge in [-0.25, -0.2) is 49.1 Å². The van der Waals surface area contributed by atoms with Gasteiger partial charge >= 0.3 is 39.9 Å². The molecule has 0 radical (unpaired) electrons. The first-order valence-corrected chi connectivity index (χ1v) is 26.9. The van der Waals surface area contributed by atoms with Crippen molar-refractivity contribution >= 4 is 91.7 Å². The summed E-state index contributed by atoms with van der Waals surface area (Å²) in [6.45, 7) is 17.7. The lowest BCUT2D eigenvalue weighted by atomic mass is 10.2. The van der Waals surface area contributed by atoms with Gasteiger partial charge in [-0.1, -0.05) is 24.3 Å². The van der Waals surface area contributed by atoms with Crippen molar-refractivity contribution in [2.75, 3.05) is 41.4 Å². The molecule has 4 heterocycles. The Kier molecular flexibility index (Phi) is 27.6. The number of aliphatic carboxylic acids is 2. The van der Waals surface area contributed by atoms with E-state index in [1.807, 2.05) is 13.8 Å². The minimum atomic E-state index is -2.16. The van der Waals surface area contributed by atoms with Crippen LogP contribution in [0.5, 0.6) is 11.5 Å². The number of nitrogen functional groups attached to an aromatic ring is 2. The molecule has 6 atom stereocenters. The summed E-state index contributed by atoms with van der Waals surface area (Å²) in [5.74, 6) is -1.97. The monoisotopic (exact) mass is 1140 g/mol. The summed E-state index contributed by atoms with van der Waals surface area (Å²) in [5.41, 5.74) is 14.9. The molecule has 6 aromatic rings. The van der Waals surface area contributed by atoms with Crippen molar-refractivity contribution in [3.63, 3.8) is 0 Å². The van der Waals surface area contributed by atoms with E-state index in [-0.39, 0.29) is 49.1 Å². The van der Waals surface area contributed by atoms with Gasteiger partial charge in [0.05, 0.1) is 68.1 Å². The van der Waals surface area contributed by atoms with Crippen LogP contribution in [0.25, 0.3) is 22.3 Å². The largest absolute Gasteiger partial charge is 0.585 e. The van der Waals surface area contributed by atoms with E-state index in [0.29, 0.717) is 95.2 Å². The number of benzene rings is 2. The first-order valence-electron chi connectivity index (χ1n) is 24.1. The summed E-state index contributed by atoms with van der Waals surface area (Å²) < 4.78 is 65.8. The molecule has 5 unspecified atom stereocenters. The molecule has 2 aromatic carbocycles. The number of carbonyl (C=O) groups excluding carboxylic acids is 3. The number of ether oxygens (including phenoxy) is 5. The minimum Gasteiger partial charge on any atom is -0.478 e. The number of imidazole rings is 2. The van der Waals surface area contributed by atoms with Crippen LogP contribution in [0.4, 0.5) is 23.0 Å². The van der Waals surface area contributed by atoms with Crippen LogP contribution in [-0.4, -0.2) is 135 Å². The molecule has 0 aliphatic rings. The highest BCUT2D eigenvalue weighted by Crippen LogP contribution is 2.35. The molecule has 8 N–H and O–H groups in total. The Morgan fingerprint density at radius 3 is 1.33 bits per heavy atom. The van der Waals surface area contributed by atoms with E-state index in [2.05, 4.69) is 45.3 Å². The van der Waals surface area contributed by atoms with E-state index in [0.717, 1.165) is 0 Å². The van der Waals surface area contributed by atoms with Gasteiger partial charge in [0.15, 0.2) is 22.9 Å². The average molecular weight is 1140 g/mol. The van der Waals surface area contributed by atoms with E-state index in [9.17, 15) is 33.1 Å². The number of nitrogens with one attached hydrogen (secondary N) is 2. The van der Waals surface area contributed by atoms with Gasteiger partial charge in [0.1, 0.15) is 35.8 Å². The standard InChI is InChI=1S/2C21H28N6O5P.C4H4O4.C3H6O2/c2*1-13(2)31-21(28)15(4)26-16-7-5-6-8-17(16)32-33(29)12-30-14(3)9-27-11-25-18-19(22)23-10-24-20(18)27;5-3(6)1-2-4(7)8;1-2-5-3-4/h2*5-8,10-11,13-15,26H,9,12H2,1-4H3,(H2,22,23,24);1-2H,(H,5,6)(H,7,8);3H,2H2,1H3/q2*+1;;/b;;2-1+;/t14?,15-;;;/m0.../s1. The zero-order valence-corrected chi connectivity index (χ0v) is 46.7. The van der Waals surface area contributed by atoms with E-state index in [1.165, 1.54) is 12.7 Å². The summed E-state index contributed by atoms with van der Waals surface area (Å²) >= 11 is 0. The van der Waals surface area contributed by atoms with E-state index in [1.54, 1.807) is 119 Å². The number of nitrogens with zero attached hydrogens (tertiary/aromatic N) is 8. The normalized spacial score (nSPS) is 12.7. The van der Waals surface area contributed by atoms with Gasteiger partial charge < -0.3 is 65.1 Å². The van der Waals surface area contributed by atoms with Crippen molar-refractivity contribution in [1.29, 1.82) is 0 Å². The quantitative estimate of drug-likeness (QED) is 0.0110. The van der Waals surface area contributed by atoms with Crippen LogP contribution in [0.15, 0.2) is 86.0 Å². The Labute approximate surface area is 456 Å². The molecule has 0 bridgehead atoms. The van der Waals surface area contributed by atoms with Gasteiger partial charge in [-0.3, -0.25) is 13.8 Å². The second-order valence-corrected chi connectivity index (χ2v) is 19.2. The molecule has 0 saturated carbocycles. The molecule has 4 aromatic heterocycles. The number of para-hydroxylation sites is 4. The number of hydrogen-bond donors (Lipinski definition) is 6. The van der Waals surface area contributed by atoms with Gasteiger partial charge in [0, 0.05) is 12.2 Å². The molecule has 0 aliphatic heterocycles. The molecule has 0 amide bonds. The Bertz CT molecular complexity index is 2800. The molecule has 0 saturated heterocycles. The fraction of sp³-hybridized carbons (Fsp3) is 0.408. The van der Waals surface area contributed by atoms with Crippen molar-refractivity contribution in [2.45, 2.75) is 112 Å². The number of esters is 2. The summed E-state index contributed by atoms with van der Waals surface area (Å²) in [7, 11) is -4.32. The summed E-state index contributed by atoms with van der Waals surface area (Å²) in [6, 6.07) is 12.7. The van der Waals surface area contributed by atoms with Crippen molar-refractivity contribution in [3.05, 3.63) is 86.0 Å². The number of carboxylic acids is 2. The fourth-order valence-corrected chi connectivity index (χ4v) is 7.78. The second kappa shape index (κ2) is 33.7. The zero-order chi connectivity index (χ0) is 58.6. The maximum atomic E-state index is 12.5. The Balaban J connectivity index is 0.000000339. The molecule has 30 heteroatoms. The topological polar surface area (TPSA) is 388 Å². The van der Waals surface area contributed by atoms with Crippen molar-refractivity contribution in [3.8, 4) is 11.5 Å². The van der Waals surface area contributed by atoms with Crippen LogP contribution in [0.2, 0.25) is 0 Å². The zero-order valence-electron chi connectivity index (χ0n) is 44.9. The average Bonchev–Trinajstić information content (AvgIpc) is 4.09. The fourth-order valence-electron chi connectivity index (χ4n) is 6.17. The van der Waals surface area contributed by atoms with Crippen molar-refractivity contribution in [2.24, 2.45) is 0 Å². The number of hydrogen-bond acceptors (Lipinski definition) is 24. The lowest BCUT2D eigenvalue weighted by molar-refractivity contribution is -0.148. The third-order valence-corrected chi connectivity index (χ3v) is 11.1. The van der Waals surface area contributed by atoms with Crippen LogP contribution >= 0.6 is 16.1 Å². The van der Waals surface area contributed by atoms with Crippen LogP contribution in [0, 0.1) is 0 Å². The summed E-state index contributed by atoms with van der Waals surface area (Å²) in [4.78, 5) is 77.1. The maximum absolute atomic E-state index is 12.5. The highest BCUT2D eigenvalue weighted by atomic mass is 31.1. The van der Waals surface area contributed by atoms with Gasteiger partial charge in [0.25, 0.3) is 19.2 Å². The number of anilines is 4. The molecule has 28 nitrogen and oxygen atoms in total. The number of carboxylic acid groups (broad SMARTS) is 2. The van der Waals surface area contributed by atoms with E-state index >= 15 is 0 Å². The number of rotatable bonds is 26. The van der Waals surface area contributed by atoms with Gasteiger partial charge in [-0.15, -0.1) is 0 Å². The van der Waals surface area contributed by atoms with Crippen LogP contribution in [0.1, 0.15) is 62.3 Å². The van der Waals surface area contributed by atoms with Gasteiger partial charge in [-0.05, 0) is 95.7 Å². The van der Waals surface area contributed by atoms with Crippen LogP contribution in [-0.2, 0) is 69.9 Å². The number of nitrogens with two attached hydrogens (primary N) is 2. The van der Waals surface area contributed by atoms with E-state index < -0.39 is 40.1 Å². The molecule has 0 aliphatic carbocycles. The molecule has 426 valence electrons. The SMILES string of the molecule is CC(C)OC(=O)C(C)Nc1ccccc1O[P+](=O)COC(C)Cn1cnc2c(N)ncnc21.CC(C)OC(=O)[C@H](C)Nc1ccccc1O[P+](=O)COC(C)Cn1cnc2c(N)ncnc21.CCOC=O.O=C(O)/C=C/C(=O)O. The predicted octanol–water partition coefficient (Wildman–Crippen LogP) is 6.58. The Morgan fingerprint density at radius 1 is 0.620 bits per heavy atom. The summed E-state index contributed by atoms with van der Waals surface area (Å²) in [5, 5.41) is 21.7. The molecule has 6 rings (SSSR count). The van der Waals surface area contributed by atoms with Crippen LogP contribution in [0.3, 0.4) is 0 Å². The minimum absolute atomic E-state index is 0.112. The first-order chi connectivity index (χ1) is 37.5. The van der Waals surface area contributed by atoms with E-state index in [4.69, 9.17) is 49.7 Å². The predicted molar refractivity (Wildman–Crippen MR) is 290 cm³/mol. The highest BCUT2D eigenvalue weighted by Gasteiger charge is 2.27. The lowest BCUT2D eigenvalue weighted by Crippen LogP contribution is -2.30. The molecule has 0 spiro atoms. The smallest absolute Gasteiger partial charge is 0.478 e. The second-order valence-electron chi connectivity index (χ2n) is 17.0. The Morgan fingerprint density at radius 2 is 1.00 bits per heavy atom. The first kappa shape index (κ1) is 64.8. The van der Waals surface area contributed by atoms with Crippen LogP contribution < -0.4 is 31.1 Å². The summed E-state index contributed by atoms with van der Waals surface area (Å²) in [6.07, 6.45) is 5.85. The molecule has 0 fully saturated rings. The molecular formula is C49H66N12O16P2+2.